The Labute approximate surface area is 215 Å². The van der Waals surface area contributed by atoms with E-state index in [9.17, 15) is 9.59 Å². The highest BCUT2D eigenvalue weighted by molar-refractivity contribution is 9.10. The van der Waals surface area contributed by atoms with Gasteiger partial charge in [-0.3, -0.25) is 4.79 Å². The van der Waals surface area contributed by atoms with Crippen molar-refractivity contribution < 1.29 is 19.1 Å². The highest BCUT2D eigenvalue weighted by atomic mass is 79.9. The third-order valence-electron chi connectivity index (χ3n) is 5.04. The van der Waals surface area contributed by atoms with E-state index in [2.05, 4.69) is 26.5 Å². The van der Waals surface area contributed by atoms with Crippen molar-refractivity contribution in [2.75, 3.05) is 0 Å². The number of nitrogens with zero attached hydrogens (tertiary/aromatic N) is 1. The maximum Gasteiger partial charge on any atom is 0.343 e. The van der Waals surface area contributed by atoms with Crippen LogP contribution in [-0.4, -0.2) is 24.2 Å². The Hall–Kier alpha value is -3.68. The second-order valence-electron chi connectivity index (χ2n) is 7.58. The number of rotatable bonds is 7. The number of nitrogens with one attached hydrogen (secondary N) is 1. The molecular formula is C27H20BrClN2O4. The van der Waals surface area contributed by atoms with Crippen LogP contribution in [0.5, 0.6) is 11.5 Å². The normalized spacial score (nSPS) is 11.9. The molecule has 4 aromatic carbocycles. The Morgan fingerprint density at radius 2 is 1.71 bits per heavy atom. The number of carbonyl (C=O) groups is 2. The number of esters is 1. The molecule has 0 aliphatic heterocycles. The van der Waals surface area contributed by atoms with Crippen LogP contribution in [0.25, 0.3) is 10.8 Å². The van der Waals surface area contributed by atoms with Gasteiger partial charge in [-0.15, -0.1) is 0 Å². The first-order valence-electron chi connectivity index (χ1n) is 10.6. The minimum atomic E-state index is -0.780. The van der Waals surface area contributed by atoms with Gasteiger partial charge in [0.25, 0.3) is 5.91 Å². The molecule has 0 aliphatic rings. The molecule has 4 aromatic rings. The number of hydrogen-bond donors (Lipinski definition) is 1. The van der Waals surface area contributed by atoms with Gasteiger partial charge in [0.05, 0.1) is 11.8 Å². The van der Waals surface area contributed by atoms with Crippen LogP contribution in [0.1, 0.15) is 22.8 Å². The molecular weight excluding hydrogens is 532 g/mol. The standard InChI is InChI=1S/C27H20BrClN2O4/c1-17(34-24-12-8-18-4-2-3-5-20(18)15-24)26(32)31-30-16-21-14-22(28)9-13-25(21)35-27(33)19-6-10-23(29)11-7-19/h2-17H,1H3,(H,31,32)/b30-16-/t17-/m1/s1. The topological polar surface area (TPSA) is 77.0 Å². The highest BCUT2D eigenvalue weighted by Crippen LogP contribution is 2.24. The van der Waals surface area contributed by atoms with E-state index in [-0.39, 0.29) is 5.75 Å². The van der Waals surface area contributed by atoms with Crippen LogP contribution >= 0.6 is 27.5 Å². The van der Waals surface area contributed by atoms with Crippen LogP contribution in [0.15, 0.2) is 94.5 Å². The largest absolute Gasteiger partial charge is 0.481 e. The van der Waals surface area contributed by atoms with Crippen molar-refractivity contribution in [3.63, 3.8) is 0 Å². The summed E-state index contributed by atoms with van der Waals surface area (Å²) < 4.78 is 12.0. The lowest BCUT2D eigenvalue weighted by atomic mass is 10.1. The fourth-order valence-electron chi connectivity index (χ4n) is 3.21. The molecule has 4 rings (SSSR count). The summed E-state index contributed by atoms with van der Waals surface area (Å²) >= 11 is 9.26. The predicted molar refractivity (Wildman–Crippen MR) is 140 cm³/mol. The Kier molecular flexibility index (Phi) is 7.80. The lowest BCUT2D eigenvalue weighted by molar-refractivity contribution is -0.127. The molecule has 0 radical (unpaired) electrons. The van der Waals surface area contributed by atoms with Gasteiger partial charge in [0, 0.05) is 15.1 Å². The molecule has 0 saturated carbocycles. The highest BCUT2D eigenvalue weighted by Gasteiger charge is 2.15. The number of amides is 1. The molecule has 0 bridgehead atoms. The first kappa shape index (κ1) is 24.4. The quantitative estimate of drug-likeness (QED) is 0.125. The summed E-state index contributed by atoms with van der Waals surface area (Å²) in [6.45, 7) is 1.64. The van der Waals surface area contributed by atoms with Gasteiger partial charge < -0.3 is 9.47 Å². The van der Waals surface area contributed by atoms with Gasteiger partial charge >= 0.3 is 5.97 Å². The number of carbonyl (C=O) groups excluding carboxylic acids is 2. The van der Waals surface area contributed by atoms with E-state index in [0.717, 1.165) is 15.2 Å². The van der Waals surface area contributed by atoms with Gasteiger partial charge in [-0.05, 0) is 72.3 Å². The zero-order valence-electron chi connectivity index (χ0n) is 18.6. The van der Waals surface area contributed by atoms with Gasteiger partial charge in [0.2, 0.25) is 0 Å². The molecule has 0 aliphatic carbocycles. The zero-order valence-corrected chi connectivity index (χ0v) is 20.9. The van der Waals surface area contributed by atoms with Crippen molar-refractivity contribution in [2.45, 2.75) is 13.0 Å². The monoisotopic (exact) mass is 550 g/mol. The third-order valence-corrected chi connectivity index (χ3v) is 5.78. The Morgan fingerprint density at radius 1 is 0.971 bits per heavy atom. The molecule has 0 heterocycles. The molecule has 1 N–H and O–H groups in total. The molecule has 0 unspecified atom stereocenters. The summed E-state index contributed by atoms with van der Waals surface area (Å²) in [6, 6.07) is 25.0. The average molecular weight is 552 g/mol. The third kappa shape index (κ3) is 6.47. The van der Waals surface area contributed by atoms with Crippen LogP contribution in [0.3, 0.4) is 0 Å². The summed E-state index contributed by atoms with van der Waals surface area (Å²) in [5, 5.41) is 6.64. The van der Waals surface area contributed by atoms with Crippen LogP contribution < -0.4 is 14.9 Å². The predicted octanol–water partition coefficient (Wildman–Crippen LogP) is 6.39. The number of ether oxygens (including phenoxy) is 2. The number of hydrazone groups is 1. The molecule has 0 fully saturated rings. The molecule has 35 heavy (non-hydrogen) atoms. The minimum absolute atomic E-state index is 0.284. The minimum Gasteiger partial charge on any atom is -0.481 e. The Morgan fingerprint density at radius 3 is 2.49 bits per heavy atom. The zero-order chi connectivity index (χ0) is 24.8. The number of halogens is 2. The molecule has 1 atom stereocenters. The van der Waals surface area contributed by atoms with E-state index >= 15 is 0 Å². The van der Waals surface area contributed by atoms with Crippen LogP contribution in [0, 0.1) is 0 Å². The van der Waals surface area contributed by atoms with Crippen molar-refractivity contribution in [3.8, 4) is 11.5 Å². The van der Waals surface area contributed by atoms with E-state index in [0.29, 0.717) is 21.9 Å². The van der Waals surface area contributed by atoms with Crippen LogP contribution in [-0.2, 0) is 4.79 Å². The summed E-state index contributed by atoms with van der Waals surface area (Å²) in [5.41, 5.74) is 3.31. The van der Waals surface area contributed by atoms with Gasteiger partial charge in [-0.2, -0.15) is 5.10 Å². The van der Waals surface area contributed by atoms with E-state index in [1.807, 2.05) is 42.5 Å². The first-order chi connectivity index (χ1) is 16.9. The number of hydrogen-bond acceptors (Lipinski definition) is 5. The fraction of sp³-hybridized carbons (Fsp3) is 0.0741. The fourth-order valence-corrected chi connectivity index (χ4v) is 3.72. The lowest BCUT2D eigenvalue weighted by Gasteiger charge is -2.13. The van der Waals surface area contributed by atoms with E-state index in [1.54, 1.807) is 49.4 Å². The van der Waals surface area contributed by atoms with Gasteiger partial charge in [-0.1, -0.05) is 57.9 Å². The second kappa shape index (κ2) is 11.2. The molecule has 0 aromatic heterocycles. The Balaban J connectivity index is 1.40. The van der Waals surface area contributed by atoms with Crippen LogP contribution in [0.4, 0.5) is 0 Å². The number of fused-ring (bicyclic) bond motifs is 1. The summed E-state index contributed by atoms with van der Waals surface area (Å²) in [4.78, 5) is 25.0. The maximum absolute atomic E-state index is 12.5. The molecule has 1 amide bonds. The lowest BCUT2D eigenvalue weighted by Crippen LogP contribution is -2.33. The summed E-state index contributed by atoms with van der Waals surface area (Å²) in [5.74, 6) is -0.102. The maximum atomic E-state index is 12.5. The van der Waals surface area contributed by atoms with Gasteiger partial charge in [-0.25, -0.2) is 10.2 Å². The van der Waals surface area contributed by atoms with Crippen LogP contribution in [0.2, 0.25) is 5.02 Å². The number of benzene rings is 4. The summed E-state index contributed by atoms with van der Waals surface area (Å²) in [6.07, 6.45) is 0.619. The van der Waals surface area contributed by atoms with E-state index in [4.69, 9.17) is 21.1 Å². The summed E-state index contributed by atoms with van der Waals surface area (Å²) in [7, 11) is 0. The smallest absolute Gasteiger partial charge is 0.343 e. The van der Waals surface area contributed by atoms with Crippen molar-refractivity contribution in [1.29, 1.82) is 0 Å². The van der Waals surface area contributed by atoms with E-state index < -0.39 is 18.0 Å². The van der Waals surface area contributed by atoms with Crippen molar-refractivity contribution in [2.24, 2.45) is 5.10 Å². The average Bonchev–Trinajstić information content (AvgIpc) is 2.85. The Bertz CT molecular complexity index is 1410. The van der Waals surface area contributed by atoms with Crippen molar-refractivity contribution in [1.82, 2.24) is 5.43 Å². The molecule has 0 saturated heterocycles. The second-order valence-corrected chi connectivity index (χ2v) is 8.93. The molecule has 176 valence electrons. The van der Waals surface area contributed by atoms with E-state index in [1.165, 1.54) is 6.21 Å². The van der Waals surface area contributed by atoms with Crippen molar-refractivity contribution >= 4 is 56.4 Å². The van der Waals surface area contributed by atoms with Gasteiger partial charge in [0.15, 0.2) is 6.10 Å². The molecule has 6 nitrogen and oxygen atoms in total. The molecule has 8 heteroatoms. The van der Waals surface area contributed by atoms with Gasteiger partial charge in [0.1, 0.15) is 11.5 Å². The molecule has 0 spiro atoms. The SMILES string of the molecule is C[C@@H](Oc1ccc2ccccc2c1)C(=O)N/N=C\c1cc(Br)ccc1OC(=O)c1ccc(Cl)cc1. The first-order valence-corrected chi connectivity index (χ1v) is 11.8. The van der Waals surface area contributed by atoms with Crippen molar-refractivity contribution in [3.05, 3.63) is 106 Å².